The van der Waals surface area contributed by atoms with Crippen LogP contribution < -0.4 is 5.32 Å². The van der Waals surface area contributed by atoms with Gasteiger partial charge in [0, 0.05) is 50.0 Å². The van der Waals surface area contributed by atoms with Gasteiger partial charge in [0.25, 0.3) is 0 Å². The number of amides is 2. The van der Waals surface area contributed by atoms with E-state index in [1.807, 2.05) is 39.0 Å². The Morgan fingerprint density at radius 3 is 2.46 bits per heavy atom. The number of urea groups is 1. The van der Waals surface area contributed by atoms with Gasteiger partial charge in [0.1, 0.15) is 0 Å². The smallest absolute Gasteiger partial charge is 0.338 e. The molecular formula is C28H35ClN4O5S. The summed E-state index contributed by atoms with van der Waals surface area (Å²) in [7, 11) is -2.07. The molecule has 0 aliphatic carbocycles. The highest BCUT2D eigenvalue weighted by Gasteiger charge is 2.40. The summed E-state index contributed by atoms with van der Waals surface area (Å²) < 4.78 is 33.6. The number of rotatable bonds is 7. The number of piperazine rings is 1. The molecule has 0 aromatic heterocycles. The Balaban J connectivity index is 1.65. The van der Waals surface area contributed by atoms with E-state index < -0.39 is 22.0 Å². The Morgan fingerprint density at radius 1 is 1.13 bits per heavy atom. The van der Waals surface area contributed by atoms with Crippen molar-refractivity contribution in [2.45, 2.75) is 44.7 Å². The minimum atomic E-state index is -3.70. The van der Waals surface area contributed by atoms with Crippen molar-refractivity contribution in [3.05, 3.63) is 75.4 Å². The molecule has 0 spiro atoms. The molecular weight excluding hydrogens is 540 g/mol. The van der Waals surface area contributed by atoms with E-state index in [2.05, 4.69) is 10.2 Å². The van der Waals surface area contributed by atoms with Crippen molar-refractivity contribution < 1.29 is 22.7 Å². The first kappa shape index (κ1) is 29.1. The van der Waals surface area contributed by atoms with Gasteiger partial charge in [-0.05, 0) is 63.1 Å². The second-order valence-corrected chi connectivity index (χ2v) is 12.4. The Morgan fingerprint density at radius 2 is 1.82 bits per heavy atom. The fourth-order valence-electron chi connectivity index (χ4n) is 5.17. The molecule has 1 fully saturated rings. The van der Waals surface area contributed by atoms with Crippen LogP contribution in [0, 0.1) is 13.8 Å². The van der Waals surface area contributed by atoms with E-state index in [-0.39, 0.29) is 30.1 Å². The molecule has 210 valence electrons. The van der Waals surface area contributed by atoms with Crippen molar-refractivity contribution >= 4 is 33.6 Å². The molecule has 1 N–H and O–H groups in total. The monoisotopic (exact) mass is 574 g/mol. The third-order valence-corrected chi connectivity index (χ3v) is 9.54. The number of carbonyl (C=O) groups excluding carboxylic acids is 2. The molecule has 9 nitrogen and oxygen atoms in total. The molecule has 1 saturated heterocycles. The molecule has 0 bridgehead atoms. The first-order valence-corrected chi connectivity index (χ1v) is 14.8. The van der Waals surface area contributed by atoms with E-state index in [1.165, 1.54) is 21.3 Å². The number of benzene rings is 2. The van der Waals surface area contributed by atoms with Gasteiger partial charge >= 0.3 is 12.0 Å². The summed E-state index contributed by atoms with van der Waals surface area (Å²) in [6.45, 7) is 9.14. The first-order chi connectivity index (χ1) is 18.4. The van der Waals surface area contributed by atoms with Crippen molar-refractivity contribution in [1.29, 1.82) is 0 Å². The summed E-state index contributed by atoms with van der Waals surface area (Å²) in [5, 5.41) is 3.45. The lowest BCUT2D eigenvalue weighted by Crippen LogP contribution is -2.56. The van der Waals surface area contributed by atoms with Crippen LogP contribution in [0.15, 0.2) is 58.6 Å². The van der Waals surface area contributed by atoms with Crippen molar-refractivity contribution in [3.8, 4) is 0 Å². The number of hydrogen-bond acceptors (Lipinski definition) is 6. The van der Waals surface area contributed by atoms with Crippen LogP contribution in [0.25, 0.3) is 0 Å². The van der Waals surface area contributed by atoms with E-state index in [0.717, 1.165) is 16.7 Å². The molecule has 4 rings (SSSR count). The second-order valence-electron chi connectivity index (χ2n) is 10.0. The van der Waals surface area contributed by atoms with Crippen molar-refractivity contribution in [2.75, 3.05) is 39.8 Å². The van der Waals surface area contributed by atoms with Gasteiger partial charge in [-0.25, -0.2) is 18.0 Å². The van der Waals surface area contributed by atoms with E-state index in [4.69, 9.17) is 16.3 Å². The third kappa shape index (κ3) is 5.99. The first-order valence-electron chi connectivity index (χ1n) is 12.9. The molecule has 2 aliphatic rings. The normalized spacial score (nSPS) is 21.2. The fourth-order valence-corrected chi connectivity index (χ4v) is 6.91. The van der Waals surface area contributed by atoms with Crippen LogP contribution in [-0.2, 0) is 19.6 Å². The van der Waals surface area contributed by atoms with E-state index >= 15 is 0 Å². The molecule has 39 heavy (non-hydrogen) atoms. The fraction of sp³-hybridized carbons (Fsp3) is 0.429. The van der Waals surface area contributed by atoms with Gasteiger partial charge in [0.15, 0.2) is 0 Å². The Hall–Kier alpha value is -2.92. The van der Waals surface area contributed by atoms with E-state index in [1.54, 1.807) is 26.1 Å². The summed E-state index contributed by atoms with van der Waals surface area (Å²) in [5.74, 6) is -0.484. The summed E-state index contributed by atoms with van der Waals surface area (Å²) in [6.07, 6.45) is 0. The molecule has 2 amide bonds. The lowest BCUT2D eigenvalue weighted by molar-refractivity contribution is -0.139. The molecule has 2 aromatic carbocycles. The van der Waals surface area contributed by atoms with Gasteiger partial charge < -0.3 is 10.1 Å². The van der Waals surface area contributed by atoms with Crippen LogP contribution >= 0.6 is 11.6 Å². The highest BCUT2D eigenvalue weighted by molar-refractivity contribution is 7.89. The number of ether oxygens (including phenoxy) is 1. The number of esters is 1. The van der Waals surface area contributed by atoms with Crippen LogP contribution in [-0.4, -0.2) is 80.4 Å². The third-order valence-electron chi connectivity index (χ3n) is 7.26. The molecule has 2 aliphatic heterocycles. The Kier molecular flexibility index (Phi) is 8.70. The minimum Gasteiger partial charge on any atom is -0.463 e. The highest BCUT2D eigenvalue weighted by Crippen LogP contribution is 2.34. The van der Waals surface area contributed by atoms with E-state index in [9.17, 15) is 18.0 Å². The molecule has 2 heterocycles. The standard InChI is InChI=1S/C28H35ClN4O5S/c1-6-38-27(34)25-24(31(5)28(35)30-26(25)23-15-18(2)7-8-19(23)3)17-32-13-14-33(20(4)16-32)39(36,37)22-11-9-21(29)10-12-22/h7-12,15,20,26H,6,13-14,16-17H2,1-5H3,(H,30,35). The van der Waals surface area contributed by atoms with Crippen molar-refractivity contribution in [3.63, 3.8) is 0 Å². The van der Waals surface area contributed by atoms with Crippen LogP contribution in [0.2, 0.25) is 5.02 Å². The number of likely N-dealkylation sites (N-methyl/N-ethyl adjacent to an activating group) is 1. The zero-order valence-corrected chi connectivity index (χ0v) is 24.5. The van der Waals surface area contributed by atoms with Crippen LogP contribution in [0.4, 0.5) is 4.79 Å². The number of sulfonamides is 1. The van der Waals surface area contributed by atoms with Gasteiger partial charge in [0.2, 0.25) is 10.0 Å². The maximum absolute atomic E-state index is 13.3. The number of hydrogen-bond donors (Lipinski definition) is 1. The van der Waals surface area contributed by atoms with Crippen molar-refractivity contribution in [1.82, 2.24) is 19.4 Å². The quantitative estimate of drug-likeness (QED) is 0.504. The average molecular weight is 575 g/mol. The summed E-state index contributed by atoms with van der Waals surface area (Å²) in [4.78, 5) is 30.2. The molecule has 0 radical (unpaired) electrons. The number of nitrogens with zero attached hydrogens (tertiary/aromatic N) is 3. The van der Waals surface area contributed by atoms with Gasteiger partial charge in [-0.3, -0.25) is 9.80 Å². The van der Waals surface area contributed by atoms with Gasteiger partial charge in [0.05, 0.1) is 23.1 Å². The van der Waals surface area contributed by atoms with Gasteiger partial charge in [-0.15, -0.1) is 0 Å². The minimum absolute atomic E-state index is 0.194. The van der Waals surface area contributed by atoms with Crippen molar-refractivity contribution in [2.24, 2.45) is 0 Å². The number of halogens is 1. The molecule has 2 atom stereocenters. The summed E-state index contributed by atoms with van der Waals surface area (Å²) in [5.41, 5.74) is 3.73. The number of nitrogens with one attached hydrogen (secondary N) is 1. The highest BCUT2D eigenvalue weighted by atomic mass is 35.5. The van der Waals surface area contributed by atoms with Gasteiger partial charge in [-0.1, -0.05) is 35.4 Å². The van der Waals surface area contributed by atoms with E-state index in [0.29, 0.717) is 35.9 Å². The predicted octanol–water partition coefficient (Wildman–Crippen LogP) is 3.87. The van der Waals surface area contributed by atoms with Crippen LogP contribution in [0.5, 0.6) is 0 Å². The Labute approximate surface area is 235 Å². The summed E-state index contributed by atoms with van der Waals surface area (Å²) in [6, 6.07) is 10.8. The predicted molar refractivity (Wildman–Crippen MR) is 150 cm³/mol. The van der Waals surface area contributed by atoms with Crippen LogP contribution in [0.1, 0.15) is 36.6 Å². The zero-order chi connectivity index (χ0) is 28.5. The lowest BCUT2D eigenvalue weighted by Gasteiger charge is -2.41. The molecule has 2 aromatic rings. The molecule has 2 unspecified atom stereocenters. The molecule has 0 saturated carbocycles. The maximum atomic E-state index is 13.3. The number of carbonyl (C=O) groups is 2. The topological polar surface area (TPSA) is 99.3 Å². The maximum Gasteiger partial charge on any atom is 0.338 e. The lowest BCUT2D eigenvalue weighted by atomic mass is 9.90. The molecule has 11 heteroatoms. The second kappa shape index (κ2) is 11.7. The number of aryl methyl sites for hydroxylation is 2. The largest absolute Gasteiger partial charge is 0.463 e. The average Bonchev–Trinajstić information content (AvgIpc) is 2.88. The zero-order valence-electron chi connectivity index (χ0n) is 22.9. The Bertz CT molecular complexity index is 1390. The summed E-state index contributed by atoms with van der Waals surface area (Å²) >= 11 is 5.94. The SMILES string of the molecule is CCOC(=O)C1=C(CN2CCN(S(=O)(=O)c3ccc(Cl)cc3)C(C)C2)N(C)C(=O)NC1c1cc(C)ccc1C. The van der Waals surface area contributed by atoms with Gasteiger partial charge in [-0.2, -0.15) is 4.31 Å². The van der Waals surface area contributed by atoms with Crippen LogP contribution in [0.3, 0.4) is 0 Å².